The van der Waals surface area contributed by atoms with Crippen LogP contribution in [0.3, 0.4) is 0 Å². The molecule has 1 aliphatic heterocycles. The number of likely N-dealkylation sites (tertiary alicyclic amines) is 1. The standard InChI is InChI=1S/C17H29N5O3/c1-2-5-14-20-16(25-21-14)8-7-15(23)19-9-4-11-22-10-3-6-13(12-22)17(18)24/h13H,2-12H2,1H3,(H2,18,24)(H,19,23). The number of piperidine rings is 1. The summed E-state index contributed by atoms with van der Waals surface area (Å²) in [6.45, 7) is 5.28. The van der Waals surface area contributed by atoms with Gasteiger partial charge in [-0.3, -0.25) is 9.59 Å². The van der Waals surface area contributed by atoms with Gasteiger partial charge in [-0.15, -0.1) is 0 Å². The van der Waals surface area contributed by atoms with Crippen LogP contribution in [0, 0.1) is 5.92 Å². The smallest absolute Gasteiger partial charge is 0.227 e. The first kappa shape index (κ1) is 19.4. The summed E-state index contributed by atoms with van der Waals surface area (Å²) in [5.41, 5.74) is 5.38. The van der Waals surface area contributed by atoms with Crippen LogP contribution >= 0.6 is 0 Å². The van der Waals surface area contributed by atoms with Crippen LogP contribution in [-0.4, -0.2) is 53.0 Å². The van der Waals surface area contributed by atoms with E-state index in [9.17, 15) is 9.59 Å². The van der Waals surface area contributed by atoms with E-state index in [4.69, 9.17) is 10.3 Å². The number of aryl methyl sites for hydroxylation is 2. The number of nitrogens with one attached hydrogen (secondary N) is 1. The third-order valence-electron chi connectivity index (χ3n) is 4.43. The molecule has 0 aliphatic carbocycles. The lowest BCUT2D eigenvalue weighted by Crippen LogP contribution is -2.42. The van der Waals surface area contributed by atoms with Gasteiger partial charge in [0.15, 0.2) is 5.82 Å². The number of nitrogens with zero attached hydrogens (tertiary/aromatic N) is 3. The highest BCUT2D eigenvalue weighted by Gasteiger charge is 2.23. The largest absolute Gasteiger partial charge is 0.369 e. The lowest BCUT2D eigenvalue weighted by atomic mass is 9.97. The summed E-state index contributed by atoms with van der Waals surface area (Å²) in [7, 11) is 0. The fraction of sp³-hybridized carbons (Fsp3) is 0.765. The van der Waals surface area contributed by atoms with Crippen molar-refractivity contribution in [1.29, 1.82) is 0 Å². The average Bonchev–Trinajstić information content (AvgIpc) is 3.05. The lowest BCUT2D eigenvalue weighted by Gasteiger charge is -2.31. The number of rotatable bonds is 10. The fourth-order valence-corrected chi connectivity index (χ4v) is 3.05. The normalized spacial score (nSPS) is 18.2. The molecule has 0 saturated carbocycles. The quantitative estimate of drug-likeness (QED) is 0.599. The highest BCUT2D eigenvalue weighted by atomic mass is 16.5. The Hall–Kier alpha value is -1.96. The highest BCUT2D eigenvalue weighted by molar-refractivity contribution is 5.77. The molecule has 1 fully saturated rings. The number of carbonyl (C=O) groups excluding carboxylic acids is 2. The summed E-state index contributed by atoms with van der Waals surface area (Å²) in [4.78, 5) is 29.6. The monoisotopic (exact) mass is 351 g/mol. The maximum absolute atomic E-state index is 11.9. The van der Waals surface area contributed by atoms with Crippen molar-refractivity contribution in [2.75, 3.05) is 26.2 Å². The average molecular weight is 351 g/mol. The van der Waals surface area contributed by atoms with Crippen molar-refractivity contribution < 1.29 is 14.1 Å². The van der Waals surface area contributed by atoms with Gasteiger partial charge in [0.2, 0.25) is 17.7 Å². The minimum Gasteiger partial charge on any atom is -0.369 e. The molecule has 0 aromatic carbocycles. The van der Waals surface area contributed by atoms with E-state index in [0.717, 1.165) is 51.7 Å². The van der Waals surface area contributed by atoms with E-state index in [-0.39, 0.29) is 17.7 Å². The van der Waals surface area contributed by atoms with Crippen LogP contribution in [-0.2, 0) is 22.4 Å². The van der Waals surface area contributed by atoms with Crippen molar-refractivity contribution >= 4 is 11.8 Å². The van der Waals surface area contributed by atoms with Gasteiger partial charge < -0.3 is 20.5 Å². The second kappa shape index (κ2) is 10.1. The number of nitrogens with two attached hydrogens (primary N) is 1. The minimum atomic E-state index is -0.207. The highest BCUT2D eigenvalue weighted by Crippen LogP contribution is 2.15. The molecule has 1 atom stereocenters. The molecular weight excluding hydrogens is 322 g/mol. The lowest BCUT2D eigenvalue weighted by molar-refractivity contribution is -0.123. The maximum Gasteiger partial charge on any atom is 0.227 e. The van der Waals surface area contributed by atoms with Crippen LogP contribution in [0.25, 0.3) is 0 Å². The van der Waals surface area contributed by atoms with E-state index < -0.39 is 0 Å². The van der Waals surface area contributed by atoms with Crippen LogP contribution in [0.15, 0.2) is 4.52 Å². The summed E-state index contributed by atoms with van der Waals surface area (Å²) in [6.07, 6.45) is 5.33. The van der Waals surface area contributed by atoms with Crippen molar-refractivity contribution in [3.05, 3.63) is 11.7 Å². The van der Waals surface area contributed by atoms with Crippen LogP contribution < -0.4 is 11.1 Å². The topological polar surface area (TPSA) is 114 Å². The Morgan fingerprint density at radius 2 is 2.24 bits per heavy atom. The van der Waals surface area contributed by atoms with Gasteiger partial charge in [0.25, 0.3) is 0 Å². The molecule has 1 aliphatic rings. The first-order valence-electron chi connectivity index (χ1n) is 9.18. The Kier molecular flexibility index (Phi) is 7.84. The zero-order chi connectivity index (χ0) is 18.1. The molecule has 0 radical (unpaired) electrons. The van der Waals surface area contributed by atoms with Gasteiger partial charge in [-0.25, -0.2) is 0 Å². The molecule has 0 bridgehead atoms. The predicted octanol–water partition coefficient (Wildman–Crippen LogP) is 0.658. The van der Waals surface area contributed by atoms with E-state index in [2.05, 4.69) is 27.3 Å². The molecule has 8 nitrogen and oxygen atoms in total. The summed E-state index contributed by atoms with van der Waals surface area (Å²) in [5, 5.41) is 6.78. The molecule has 2 heterocycles. The summed E-state index contributed by atoms with van der Waals surface area (Å²) in [6, 6.07) is 0. The van der Waals surface area contributed by atoms with Crippen LogP contribution in [0.1, 0.15) is 50.7 Å². The number of amides is 2. The molecule has 1 saturated heterocycles. The molecule has 2 amide bonds. The molecule has 0 spiro atoms. The van der Waals surface area contributed by atoms with Crippen LogP contribution in [0.2, 0.25) is 0 Å². The van der Waals surface area contributed by atoms with E-state index >= 15 is 0 Å². The van der Waals surface area contributed by atoms with E-state index in [1.807, 2.05) is 0 Å². The van der Waals surface area contributed by atoms with Crippen LogP contribution in [0.5, 0.6) is 0 Å². The molecule has 3 N–H and O–H groups in total. The third kappa shape index (κ3) is 6.81. The van der Waals surface area contributed by atoms with Gasteiger partial charge in [-0.2, -0.15) is 4.98 Å². The number of hydrogen-bond donors (Lipinski definition) is 2. The van der Waals surface area contributed by atoms with Crippen molar-refractivity contribution in [3.8, 4) is 0 Å². The summed E-state index contributed by atoms with van der Waals surface area (Å²) in [5.74, 6) is 0.971. The van der Waals surface area contributed by atoms with E-state index in [1.165, 1.54) is 0 Å². The third-order valence-corrected chi connectivity index (χ3v) is 4.43. The summed E-state index contributed by atoms with van der Waals surface area (Å²) >= 11 is 0. The zero-order valence-electron chi connectivity index (χ0n) is 15.0. The molecular formula is C17H29N5O3. The predicted molar refractivity (Wildman–Crippen MR) is 92.6 cm³/mol. The number of primary amides is 1. The minimum absolute atomic E-state index is 0.0103. The first-order chi connectivity index (χ1) is 12.1. The van der Waals surface area contributed by atoms with Crippen molar-refractivity contribution in [2.24, 2.45) is 11.7 Å². The molecule has 1 aromatic rings. The molecule has 1 aromatic heterocycles. The van der Waals surface area contributed by atoms with Crippen molar-refractivity contribution in [3.63, 3.8) is 0 Å². The van der Waals surface area contributed by atoms with E-state index in [0.29, 0.717) is 31.1 Å². The number of hydrogen-bond acceptors (Lipinski definition) is 6. The Balaban J connectivity index is 1.56. The Labute approximate surface area is 148 Å². The van der Waals surface area contributed by atoms with Crippen molar-refractivity contribution in [1.82, 2.24) is 20.4 Å². The molecule has 140 valence electrons. The van der Waals surface area contributed by atoms with Gasteiger partial charge in [-0.05, 0) is 38.8 Å². The maximum atomic E-state index is 11.9. The Morgan fingerprint density at radius 3 is 3.00 bits per heavy atom. The Bertz CT molecular complexity index is 560. The molecule has 25 heavy (non-hydrogen) atoms. The zero-order valence-corrected chi connectivity index (χ0v) is 15.0. The molecule has 8 heteroatoms. The van der Waals surface area contributed by atoms with Gasteiger partial charge in [0, 0.05) is 32.4 Å². The SMILES string of the molecule is CCCc1noc(CCC(=O)NCCCN2CCCC(C(N)=O)C2)n1. The molecule has 1 unspecified atom stereocenters. The van der Waals surface area contributed by atoms with Crippen LogP contribution in [0.4, 0.5) is 0 Å². The van der Waals surface area contributed by atoms with Gasteiger partial charge in [0.05, 0.1) is 5.92 Å². The van der Waals surface area contributed by atoms with E-state index in [1.54, 1.807) is 0 Å². The number of aromatic nitrogens is 2. The second-order valence-corrected chi connectivity index (χ2v) is 6.60. The number of carbonyl (C=O) groups is 2. The Morgan fingerprint density at radius 1 is 1.40 bits per heavy atom. The van der Waals surface area contributed by atoms with Gasteiger partial charge >= 0.3 is 0 Å². The van der Waals surface area contributed by atoms with Gasteiger partial charge in [0.1, 0.15) is 0 Å². The first-order valence-corrected chi connectivity index (χ1v) is 9.18. The van der Waals surface area contributed by atoms with Crippen molar-refractivity contribution in [2.45, 2.75) is 51.9 Å². The second-order valence-electron chi connectivity index (χ2n) is 6.60. The summed E-state index contributed by atoms with van der Waals surface area (Å²) < 4.78 is 5.12. The fourth-order valence-electron chi connectivity index (χ4n) is 3.05. The van der Waals surface area contributed by atoms with Gasteiger partial charge in [-0.1, -0.05) is 12.1 Å². The molecule has 2 rings (SSSR count).